The number of H-pyrrole nitrogens is 1. The van der Waals surface area contributed by atoms with Crippen LogP contribution in [-0.4, -0.2) is 41.7 Å². The molecule has 214 valence electrons. The molecule has 3 amide bonds. The number of aromatic nitrogens is 1. The van der Waals surface area contributed by atoms with Crippen molar-refractivity contribution in [3.05, 3.63) is 96.3 Å². The maximum absolute atomic E-state index is 14.0. The zero-order valence-electron chi connectivity index (χ0n) is 21.8. The van der Waals surface area contributed by atoms with Crippen LogP contribution in [0, 0.1) is 5.92 Å². The van der Waals surface area contributed by atoms with E-state index in [0.717, 1.165) is 11.3 Å². The Morgan fingerprint density at radius 1 is 1.05 bits per heavy atom. The number of benzene rings is 3. The molecule has 1 saturated heterocycles. The van der Waals surface area contributed by atoms with Gasteiger partial charge in [0.05, 0.1) is 23.7 Å². The zero-order valence-corrected chi connectivity index (χ0v) is 25.7. The third kappa shape index (κ3) is 5.35. The molecule has 2 aliphatic rings. The van der Waals surface area contributed by atoms with Crippen LogP contribution >= 0.6 is 50.6 Å². The number of rotatable bonds is 7. The largest absolute Gasteiger partial charge is 0.497 e. The monoisotopic (exact) mass is 685 g/mol. The fourth-order valence-corrected chi connectivity index (χ4v) is 8.12. The topological polar surface area (TPSA) is 118 Å². The first-order valence-electron chi connectivity index (χ1n) is 12.6. The van der Waals surface area contributed by atoms with Crippen LogP contribution in [0.5, 0.6) is 11.5 Å². The highest BCUT2D eigenvalue weighted by Crippen LogP contribution is 2.54. The second kappa shape index (κ2) is 11.6. The van der Waals surface area contributed by atoms with Crippen molar-refractivity contribution < 1.29 is 23.9 Å². The Morgan fingerprint density at radius 2 is 1.79 bits per heavy atom. The summed E-state index contributed by atoms with van der Waals surface area (Å²) in [6.45, 7) is -0.312. The Hall–Kier alpha value is -3.58. The number of ether oxygens (including phenoxy) is 2. The normalized spacial score (nSPS) is 19.3. The Morgan fingerprint density at radius 3 is 2.50 bits per heavy atom. The molecule has 42 heavy (non-hydrogen) atoms. The number of carbonyl (C=O) groups is 3. The van der Waals surface area contributed by atoms with Crippen molar-refractivity contribution in [2.45, 2.75) is 16.2 Å². The standard InChI is InChI=1S/C29H21BrClN3O6S2/c1-39-18-9-7-17(8-10-18)34-27(36)23-22(24-26(33-29(38)42-24)41-25(23)28(34)37)19-12-14(30)2-11-20(19)40-13-21(35)32-16-5-3-15(31)4-6-16/h2-12,22-23,25H,13H2,1H3,(H,32,35)(H,33,38). The minimum Gasteiger partial charge on any atom is -0.497 e. The summed E-state index contributed by atoms with van der Waals surface area (Å²) >= 11 is 11.6. The van der Waals surface area contributed by atoms with E-state index >= 15 is 0 Å². The molecule has 0 aliphatic carbocycles. The van der Waals surface area contributed by atoms with Gasteiger partial charge >= 0.3 is 4.87 Å². The zero-order chi connectivity index (χ0) is 29.5. The minimum absolute atomic E-state index is 0.288. The van der Waals surface area contributed by atoms with E-state index in [4.69, 9.17) is 21.1 Å². The van der Waals surface area contributed by atoms with Crippen LogP contribution < -0.4 is 24.6 Å². The van der Waals surface area contributed by atoms with E-state index in [-0.39, 0.29) is 23.3 Å². The number of imide groups is 1. The molecule has 0 saturated carbocycles. The lowest BCUT2D eigenvalue weighted by atomic mass is 9.82. The van der Waals surface area contributed by atoms with Crippen LogP contribution in [0.3, 0.4) is 0 Å². The van der Waals surface area contributed by atoms with Gasteiger partial charge < -0.3 is 19.8 Å². The number of halogens is 2. The van der Waals surface area contributed by atoms with Gasteiger partial charge in [-0.2, -0.15) is 0 Å². The molecule has 0 bridgehead atoms. The number of carbonyl (C=O) groups excluding carboxylic acids is 3. The van der Waals surface area contributed by atoms with Gasteiger partial charge in [0.25, 0.3) is 5.91 Å². The van der Waals surface area contributed by atoms with Gasteiger partial charge in [0.2, 0.25) is 11.8 Å². The lowest BCUT2D eigenvalue weighted by Gasteiger charge is -2.31. The van der Waals surface area contributed by atoms with Crippen molar-refractivity contribution in [3.8, 4) is 11.5 Å². The molecule has 9 nitrogen and oxygen atoms in total. The lowest BCUT2D eigenvalue weighted by Crippen LogP contribution is -2.32. The first kappa shape index (κ1) is 28.5. The molecule has 0 spiro atoms. The molecule has 4 aromatic rings. The van der Waals surface area contributed by atoms with Crippen LogP contribution in [0.4, 0.5) is 11.4 Å². The van der Waals surface area contributed by atoms with Gasteiger partial charge in [0.15, 0.2) is 6.61 Å². The van der Waals surface area contributed by atoms with E-state index in [1.54, 1.807) is 66.7 Å². The summed E-state index contributed by atoms with van der Waals surface area (Å²) in [5, 5.41) is 3.07. The van der Waals surface area contributed by atoms with Gasteiger partial charge in [-0.3, -0.25) is 19.2 Å². The lowest BCUT2D eigenvalue weighted by molar-refractivity contribution is -0.122. The van der Waals surface area contributed by atoms with Gasteiger partial charge in [-0.1, -0.05) is 50.6 Å². The molecular weight excluding hydrogens is 666 g/mol. The number of nitrogens with zero attached hydrogens (tertiary/aromatic N) is 1. The van der Waals surface area contributed by atoms with E-state index in [1.165, 1.54) is 23.8 Å². The third-order valence-corrected chi connectivity index (χ3v) is 10.1. The maximum atomic E-state index is 14.0. The molecule has 3 heterocycles. The van der Waals surface area contributed by atoms with Gasteiger partial charge in [-0.15, -0.1) is 0 Å². The predicted molar refractivity (Wildman–Crippen MR) is 165 cm³/mol. The molecule has 3 aromatic carbocycles. The number of aromatic amines is 1. The van der Waals surface area contributed by atoms with Crippen molar-refractivity contribution in [1.82, 2.24) is 4.98 Å². The fraction of sp³-hybridized carbons (Fsp3) is 0.172. The first-order chi connectivity index (χ1) is 20.2. The van der Waals surface area contributed by atoms with Gasteiger partial charge in [-0.25, -0.2) is 4.90 Å². The molecular formula is C29H21BrClN3O6S2. The molecule has 2 aliphatic heterocycles. The van der Waals surface area contributed by atoms with E-state index in [2.05, 4.69) is 26.2 Å². The number of anilines is 2. The second-order valence-electron chi connectivity index (χ2n) is 9.49. The van der Waals surface area contributed by atoms with Crippen molar-refractivity contribution in [2.75, 3.05) is 23.9 Å². The SMILES string of the molecule is COc1ccc(N2C(=O)C3Sc4[nH]c(=O)sc4C(c4cc(Br)ccc4OCC(=O)Nc4ccc(Cl)cc4)C3C2=O)cc1. The van der Waals surface area contributed by atoms with Crippen molar-refractivity contribution in [1.29, 1.82) is 0 Å². The quantitative estimate of drug-likeness (QED) is 0.241. The van der Waals surface area contributed by atoms with Crippen LogP contribution in [0.15, 0.2) is 81.0 Å². The summed E-state index contributed by atoms with van der Waals surface area (Å²) in [6, 6.07) is 18.6. The Bertz CT molecular complexity index is 1760. The molecule has 2 N–H and O–H groups in total. The fourth-order valence-electron chi connectivity index (χ4n) is 5.11. The highest BCUT2D eigenvalue weighted by Gasteiger charge is 2.56. The highest BCUT2D eigenvalue weighted by molar-refractivity contribution is 9.10. The number of methoxy groups -OCH3 is 1. The van der Waals surface area contributed by atoms with Crippen molar-refractivity contribution >= 4 is 79.7 Å². The Kier molecular flexibility index (Phi) is 7.88. The van der Waals surface area contributed by atoms with Crippen molar-refractivity contribution in [3.63, 3.8) is 0 Å². The van der Waals surface area contributed by atoms with E-state index in [9.17, 15) is 19.2 Å². The van der Waals surface area contributed by atoms with E-state index in [0.29, 0.717) is 47.8 Å². The predicted octanol–water partition coefficient (Wildman–Crippen LogP) is 5.67. The second-order valence-corrected chi connectivity index (χ2v) is 13.0. The smallest absolute Gasteiger partial charge is 0.305 e. The molecule has 3 atom stereocenters. The summed E-state index contributed by atoms with van der Waals surface area (Å²) in [7, 11) is 1.54. The van der Waals surface area contributed by atoms with Crippen LogP contribution in [0.1, 0.15) is 16.4 Å². The van der Waals surface area contributed by atoms with E-state index in [1.807, 2.05) is 0 Å². The average molecular weight is 687 g/mol. The minimum atomic E-state index is -0.817. The van der Waals surface area contributed by atoms with E-state index < -0.39 is 23.0 Å². The van der Waals surface area contributed by atoms with Gasteiger partial charge in [-0.05, 0) is 66.7 Å². The highest BCUT2D eigenvalue weighted by atomic mass is 79.9. The third-order valence-electron chi connectivity index (χ3n) is 6.95. The molecule has 1 aromatic heterocycles. The van der Waals surface area contributed by atoms with Crippen LogP contribution in [0.25, 0.3) is 0 Å². The summed E-state index contributed by atoms with van der Waals surface area (Å²) in [6.07, 6.45) is 0. The molecule has 3 unspecified atom stereocenters. The summed E-state index contributed by atoms with van der Waals surface area (Å²) in [5.74, 6) is -1.69. The van der Waals surface area contributed by atoms with Crippen LogP contribution in [0.2, 0.25) is 5.02 Å². The first-order valence-corrected chi connectivity index (χ1v) is 15.5. The molecule has 13 heteroatoms. The number of nitrogens with one attached hydrogen (secondary N) is 2. The molecule has 6 rings (SSSR count). The average Bonchev–Trinajstić information content (AvgIpc) is 3.47. The number of thiazole rings is 1. The summed E-state index contributed by atoms with van der Waals surface area (Å²) < 4.78 is 11.9. The van der Waals surface area contributed by atoms with Crippen molar-refractivity contribution in [2.24, 2.45) is 5.92 Å². The van der Waals surface area contributed by atoms with Gasteiger partial charge in [0.1, 0.15) is 16.7 Å². The number of thioether (sulfide) groups is 1. The number of amides is 3. The Balaban J connectivity index is 1.35. The molecule has 1 fully saturated rings. The Labute approximate surface area is 261 Å². The molecule has 0 radical (unpaired) electrons. The number of fused-ring (bicyclic) bond motifs is 2. The number of hydrogen-bond donors (Lipinski definition) is 2. The van der Waals surface area contributed by atoms with Gasteiger partial charge in [0, 0.05) is 31.5 Å². The maximum Gasteiger partial charge on any atom is 0.305 e. The van der Waals surface area contributed by atoms with Crippen LogP contribution in [-0.2, 0) is 14.4 Å². The summed E-state index contributed by atoms with van der Waals surface area (Å²) in [4.78, 5) is 57.3. The summed E-state index contributed by atoms with van der Waals surface area (Å²) in [5.41, 5.74) is 1.57. The number of hydrogen-bond acceptors (Lipinski definition) is 8.